The summed E-state index contributed by atoms with van der Waals surface area (Å²) in [6.07, 6.45) is 14.9. The third kappa shape index (κ3) is 18.1. The van der Waals surface area contributed by atoms with E-state index in [0.29, 0.717) is 12.3 Å². The first-order chi connectivity index (χ1) is 10.8. The molecule has 0 aliphatic carbocycles. The summed E-state index contributed by atoms with van der Waals surface area (Å²) in [7, 11) is -4.27. The Balaban J connectivity index is 3.43. The number of unbranched alkanes of at least 4 members (excludes halogenated alkanes) is 5. The fourth-order valence-electron chi connectivity index (χ4n) is 2.97. The van der Waals surface area contributed by atoms with E-state index in [1.807, 2.05) is 0 Å². The lowest BCUT2D eigenvalue weighted by atomic mass is 9.93. The quantitative estimate of drug-likeness (QED) is 0.283. The molecule has 0 heterocycles. The summed E-state index contributed by atoms with van der Waals surface area (Å²) in [5.74, 6) is 1.40. The Morgan fingerprint density at radius 2 is 1.26 bits per heavy atom. The molecule has 0 aromatic rings. The summed E-state index contributed by atoms with van der Waals surface area (Å²) in [4.78, 5) is 0. The Bertz CT molecular complexity index is 354. The molecule has 1 N–H and O–H groups in total. The lowest BCUT2D eigenvalue weighted by molar-refractivity contribution is 0.254. The summed E-state index contributed by atoms with van der Waals surface area (Å²) in [5.41, 5.74) is 0. The smallest absolute Gasteiger partial charge is 0.264 e. The second-order valence-corrected chi connectivity index (χ2v) is 8.18. The molecular weight excluding hydrogens is 312 g/mol. The molecule has 0 aliphatic rings. The van der Waals surface area contributed by atoms with Gasteiger partial charge in [-0.1, -0.05) is 85.0 Å². The van der Waals surface area contributed by atoms with Crippen LogP contribution in [0.4, 0.5) is 0 Å². The molecule has 0 aliphatic heterocycles. The van der Waals surface area contributed by atoms with Gasteiger partial charge in [0.2, 0.25) is 0 Å². The van der Waals surface area contributed by atoms with Crippen LogP contribution in [-0.2, 0) is 14.6 Å². The largest absolute Gasteiger partial charge is 0.397 e. The lowest BCUT2D eigenvalue weighted by Crippen LogP contribution is -2.06. The van der Waals surface area contributed by atoms with Gasteiger partial charge in [-0.3, -0.25) is 4.55 Å². The van der Waals surface area contributed by atoms with Crippen LogP contribution in [0.1, 0.15) is 97.8 Å². The minimum Gasteiger partial charge on any atom is -0.264 e. The van der Waals surface area contributed by atoms with Gasteiger partial charge < -0.3 is 0 Å². The molecule has 2 unspecified atom stereocenters. The van der Waals surface area contributed by atoms with Crippen molar-refractivity contribution in [3.8, 4) is 0 Å². The average molecular weight is 351 g/mol. The highest BCUT2D eigenvalue weighted by Gasteiger charge is 2.08. The minimum atomic E-state index is -4.27. The maximum absolute atomic E-state index is 10.4. The van der Waals surface area contributed by atoms with Crippen molar-refractivity contribution >= 4 is 10.4 Å². The van der Waals surface area contributed by atoms with E-state index in [-0.39, 0.29) is 6.61 Å². The van der Waals surface area contributed by atoms with Crippen LogP contribution in [0.2, 0.25) is 0 Å². The topological polar surface area (TPSA) is 63.6 Å². The maximum Gasteiger partial charge on any atom is 0.397 e. The Kier molecular flexibility index (Phi) is 14.2. The zero-order valence-electron chi connectivity index (χ0n) is 15.4. The SMILES string of the molecule is CCCCCCCCC(C)CCCC(C)CCCOS(=O)(=O)O. The van der Waals surface area contributed by atoms with Crippen LogP contribution in [0.3, 0.4) is 0 Å². The van der Waals surface area contributed by atoms with Gasteiger partial charge >= 0.3 is 10.4 Å². The van der Waals surface area contributed by atoms with Crippen LogP contribution in [0, 0.1) is 11.8 Å². The van der Waals surface area contributed by atoms with Gasteiger partial charge in [0.05, 0.1) is 6.61 Å². The highest BCUT2D eigenvalue weighted by Crippen LogP contribution is 2.20. The predicted octanol–water partition coefficient (Wildman–Crippen LogP) is 5.78. The van der Waals surface area contributed by atoms with Crippen LogP contribution in [0.5, 0.6) is 0 Å². The zero-order valence-corrected chi connectivity index (χ0v) is 16.2. The van der Waals surface area contributed by atoms with Gasteiger partial charge in [0.1, 0.15) is 0 Å². The molecule has 0 radical (unpaired) electrons. The summed E-state index contributed by atoms with van der Waals surface area (Å²) in [6.45, 7) is 6.89. The number of rotatable bonds is 16. The average Bonchev–Trinajstić information content (AvgIpc) is 2.46. The molecule has 0 amide bonds. The maximum atomic E-state index is 10.4. The van der Waals surface area contributed by atoms with E-state index in [1.54, 1.807) is 0 Å². The van der Waals surface area contributed by atoms with Gasteiger partial charge in [0, 0.05) is 0 Å². The summed E-state index contributed by atoms with van der Waals surface area (Å²) in [5, 5.41) is 0. The second kappa shape index (κ2) is 14.2. The standard InChI is InChI=1S/C18H38O4S/c1-4-5-6-7-8-9-12-17(2)13-10-14-18(3)15-11-16-22-23(19,20)21/h17-18H,4-16H2,1-3H3,(H,19,20,21). The van der Waals surface area contributed by atoms with Crippen LogP contribution < -0.4 is 0 Å². The molecule has 0 fully saturated rings. The van der Waals surface area contributed by atoms with Crippen molar-refractivity contribution in [3.63, 3.8) is 0 Å². The second-order valence-electron chi connectivity index (χ2n) is 7.09. The molecule has 140 valence electrons. The Labute approximate surface area is 144 Å². The van der Waals surface area contributed by atoms with E-state index in [4.69, 9.17) is 4.55 Å². The normalized spacial score (nSPS) is 14.8. The highest BCUT2D eigenvalue weighted by molar-refractivity contribution is 7.80. The molecular formula is C18H38O4S. The van der Waals surface area contributed by atoms with Crippen molar-refractivity contribution in [2.75, 3.05) is 6.61 Å². The first-order valence-electron chi connectivity index (χ1n) is 9.47. The van der Waals surface area contributed by atoms with Gasteiger partial charge in [0.25, 0.3) is 0 Å². The van der Waals surface area contributed by atoms with Crippen molar-refractivity contribution in [1.82, 2.24) is 0 Å². The van der Waals surface area contributed by atoms with E-state index in [9.17, 15) is 8.42 Å². The predicted molar refractivity (Wildman–Crippen MR) is 96.9 cm³/mol. The molecule has 0 aromatic carbocycles. The molecule has 0 saturated carbocycles. The molecule has 0 saturated heterocycles. The van der Waals surface area contributed by atoms with Gasteiger partial charge in [0.15, 0.2) is 0 Å². The van der Waals surface area contributed by atoms with E-state index in [0.717, 1.165) is 12.3 Å². The van der Waals surface area contributed by atoms with Gasteiger partial charge in [-0.2, -0.15) is 8.42 Å². The summed E-state index contributed by atoms with van der Waals surface area (Å²) in [6, 6.07) is 0. The molecule has 0 rings (SSSR count). The molecule has 5 heteroatoms. The van der Waals surface area contributed by atoms with Gasteiger partial charge in [-0.25, -0.2) is 4.18 Å². The van der Waals surface area contributed by atoms with Crippen molar-refractivity contribution in [2.24, 2.45) is 11.8 Å². The third-order valence-electron chi connectivity index (χ3n) is 4.52. The fourth-order valence-corrected chi connectivity index (χ4v) is 3.30. The molecule has 2 atom stereocenters. The molecule has 0 aromatic heterocycles. The van der Waals surface area contributed by atoms with Crippen LogP contribution >= 0.6 is 0 Å². The summed E-state index contributed by atoms with van der Waals surface area (Å²) < 4.78 is 33.6. The highest BCUT2D eigenvalue weighted by atomic mass is 32.3. The van der Waals surface area contributed by atoms with Crippen molar-refractivity contribution < 1.29 is 17.2 Å². The monoisotopic (exact) mass is 350 g/mol. The Morgan fingerprint density at radius 1 is 0.783 bits per heavy atom. The first kappa shape index (κ1) is 22.9. The lowest BCUT2D eigenvalue weighted by Gasteiger charge is -2.14. The minimum absolute atomic E-state index is 0.0810. The third-order valence-corrected chi connectivity index (χ3v) is 4.98. The first-order valence-corrected chi connectivity index (χ1v) is 10.8. The molecule has 4 nitrogen and oxygen atoms in total. The summed E-state index contributed by atoms with van der Waals surface area (Å²) >= 11 is 0. The molecule has 0 bridgehead atoms. The van der Waals surface area contributed by atoms with Crippen LogP contribution in [0.25, 0.3) is 0 Å². The van der Waals surface area contributed by atoms with Crippen molar-refractivity contribution in [3.05, 3.63) is 0 Å². The van der Waals surface area contributed by atoms with Crippen LogP contribution in [-0.4, -0.2) is 19.6 Å². The molecule has 23 heavy (non-hydrogen) atoms. The fraction of sp³-hybridized carbons (Fsp3) is 1.00. The zero-order chi connectivity index (χ0) is 17.6. The van der Waals surface area contributed by atoms with Gasteiger partial charge in [-0.15, -0.1) is 0 Å². The van der Waals surface area contributed by atoms with Crippen molar-refractivity contribution in [1.29, 1.82) is 0 Å². The van der Waals surface area contributed by atoms with E-state index in [2.05, 4.69) is 25.0 Å². The Hall–Kier alpha value is -0.130. The number of hydrogen-bond donors (Lipinski definition) is 1. The van der Waals surface area contributed by atoms with Crippen molar-refractivity contribution in [2.45, 2.75) is 97.8 Å². The van der Waals surface area contributed by atoms with E-state index in [1.165, 1.54) is 64.2 Å². The van der Waals surface area contributed by atoms with Crippen LogP contribution in [0.15, 0.2) is 0 Å². The Morgan fingerprint density at radius 3 is 1.83 bits per heavy atom. The van der Waals surface area contributed by atoms with E-state index < -0.39 is 10.4 Å². The van der Waals surface area contributed by atoms with E-state index >= 15 is 0 Å². The van der Waals surface area contributed by atoms with Gasteiger partial charge in [-0.05, 0) is 24.7 Å². The molecule has 0 spiro atoms. The number of hydrogen-bond acceptors (Lipinski definition) is 3.